The lowest BCUT2D eigenvalue weighted by Crippen LogP contribution is -2.45. The Morgan fingerprint density at radius 2 is 1.50 bits per heavy atom. The number of hydrogen-bond acceptors (Lipinski definition) is 6. The molecule has 0 aliphatic carbocycles. The summed E-state index contributed by atoms with van der Waals surface area (Å²) in [7, 11) is -2.43. The number of carbonyl (C=O) groups excluding carboxylic acids is 2. The van der Waals surface area contributed by atoms with Gasteiger partial charge in [0.2, 0.25) is 5.91 Å². The molecule has 258 valence electrons. The summed E-state index contributed by atoms with van der Waals surface area (Å²) in [6, 6.07) is 30.3. The molecule has 0 saturated heterocycles. The van der Waals surface area contributed by atoms with E-state index < -0.39 is 40.3 Å². The first-order valence-electron chi connectivity index (χ1n) is 15.2. The van der Waals surface area contributed by atoms with Crippen molar-refractivity contribution in [3.63, 3.8) is 0 Å². The quantitative estimate of drug-likeness (QED) is 0.123. The molecule has 0 unspecified atom stereocenters. The number of sulfonamides is 1. The third kappa shape index (κ3) is 9.53. The monoisotopic (exact) mass is 735 g/mol. The normalized spacial score (nSPS) is 11.7. The van der Waals surface area contributed by atoms with Crippen LogP contribution >= 0.6 is 23.2 Å². The first kappa shape index (κ1) is 36.2. The zero-order chi connectivity index (χ0) is 35.7. The molecule has 50 heavy (non-hydrogen) atoms. The van der Waals surface area contributed by atoms with Gasteiger partial charge >= 0.3 is 0 Å². The van der Waals surface area contributed by atoms with Crippen LogP contribution in [0.4, 0.5) is 10.1 Å². The summed E-state index contributed by atoms with van der Waals surface area (Å²) in [5, 5.41) is 3.76. The van der Waals surface area contributed by atoms with Crippen molar-refractivity contribution < 1.29 is 31.9 Å². The van der Waals surface area contributed by atoms with Crippen LogP contribution in [-0.4, -0.2) is 38.8 Å². The van der Waals surface area contributed by atoms with Crippen LogP contribution in [0.25, 0.3) is 0 Å². The first-order chi connectivity index (χ1) is 24.0. The smallest absolute Gasteiger partial charge is 0.261 e. The van der Waals surface area contributed by atoms with Gasteiger partial charge in [0.1, 0.15) is 23.4 Å². The van der Waals surface area contributed by atoms with Gasteiger partial charge in [0.15, 0.2) is 6.61 Å². The van der Waals surface area contributed by atoms with Crippen molar-refractivity contribution >= 4 is 50.7 Å². The molecule has 0 fully saturated rings. The first-order valence-corrected chi connectivity index (χ1v) is 17.5. The number of ether oxygens (including phenoxy) is 2. The zero-order valence-electron chi connectivity index (χ0n) is 26.7. The number of rotatable bonds is 14. The van der Waals surface area contributed by atoms with Gasteiger partial charge in [0, 0.05) is 28.8 Å². The second-order valence-electron chi connectivity index (χ2n) is 11.0. The van der Waals surface area contributed by atoms with Gasteiger partial charge < -0.3 is 19.7 Å². The predicted octanol–water partition coefficient (Wildman–Crippen LogP) is 7.41. The Morgan fingerprint density at radius 1 is 0.840 bits per heavy atom. The molecule has 13 heteroatoms. The lowest BCUT2D eigenvalue weighted by Gasteiger charge is -2.31. The number of nitrogens with zero attached hydrogens (tertiary/aromatic N) is 1. The summed E-state index contributed by atoms with van der Waals surface area (Å²) < 4.78 is 52.4. The Labute approximate surface area is 299 Å². The molecule has 2 amide bonds. The number of benzene rings is 5. The van der Waals surface area contributed by atoms with Crippen LogP contribution in [-0.2, 0) is 32.7 Å². The maximum absolute atomic E-state index is 14.0. The van der Waals surface area contributed by atoms with Gasteiger partial charge in [-0.15, -0.1) is 0 Å². The van der Waals surface area contributed by atoms with E-state index in [-0.39, 0.29) is 29.4 Å². The molecule has 0 aliphatic heterocycles. The highest BCUT2D eigenvalue weighted by Crippen LogP contribution is 2.27. The van der Waals surface area contributed by atoms with Crippen molar-refractivity contribution in [2.24, 2.45) is 0 Å². The molecule has 0 saturated carbocycles. The van der Waals surface area contributed by atoms with Crippen LogP contribution in [0.5, 0.6) is 11.5 Å². The van der Waals surface area contributed by atoms with Crippen molar-refractivity contribution in [1.29, 1.82) is 0 Å². The lowest BCUT2D eigenvalue weighted by atomic mass is 10.0. The molecule has 0 aromatic heterocycles. The minimum absolute atomic E-state index is 0.0487. The Bertz CT molecular complexity index is 2030. The molecule has 5 aromatic rings. The highest BCUT2D eigenvalue weighted by Gasteiger charge is 2.32. The van der Waals surface area contributed by atoms with E-state index in [1.165, 1.54) is 41.3 Å². The van der Waals surface area contributed by atoms with Gasteiger partial charge in [0.25, 0.3) is 15.9 Å². The zero-order valence-corrected chi connectivity index (χ0v) is 29.0. The molecule has 5 rings (SSSR count). The molecule has 0 spiro atoms. The Balaban J connectivity index is 1.37. The second kappa shape index (κ2) is 16.5. The minimum atomic E-state index is -3.98. The highest BCUT2D eigenvalue weighted by molar-refractivity contribution is 7.92. The Kier molecular flexibility index (Phi) is 12.0. The van der Waals surface area contributed by atoms with E-state index in [4.69, 9.17) is 32.7 Å². The molecule has 0 radical (unpaired) electrons. The molecule has 9 nitrogen and oxygen atoms in total. The predicted molar refractivity (Wildman–Crippen MR) is 190 cm³/mol. The summed E-state index contributed by atoms with van der Waals surface area (Å²) in [5.41, 5.74) is 2.14. The maximum atomic E-state index is 14.0. The largest absolute Gasteiger partial charge is 0.497 e. The van der Waals surface area contributed by atoms with Crippen LogP contribution in [0, 0.1) is 5.82 Å². The van der Waals surface area contributed by atoms with Crippen molar-refractivity contribution in [1.82, 2.24) is 10.2 Å². The van der Waals surface area contributed by atoms with Crippen LogP contribution in [0.1, 0.15) is 22.7 Å². The fraction of sp³-hybridized carbons (Fsp3) is 0.135. The van der Waals surface area contributed by atoms with Crippen molar-refractivity contribution in [3.05, 3.63) is 154 Å². The molecular weight excluding hydrogens is 704 g/mol. The van der Waals surface area contributed by atoms with Crippen LogP contribution in [0.15, 0.2) is 126 Å². The molecular formula is C37H32Cl2FN3O6S. The molecule has 0 aliphatic rings. The number of carbonyl (C=O) groups is 2. The molecule has 0 bridgehead atoms. The van der Waals surface area contributed by atoms with Crippen molar-refractivity contribution in [2.75, 3.05) is 18.4 Å². The second-order valence-corrected chi connectivity index (χ2v) is 13.5. The van der Waals surface area contributed by atoms with E-state index in [9.17, 15) is 22.4 Å². The molecule has 2 N–H and O–H groups in total. The van der Waals surface area contributed by atoms with E-state index in [0.29, 0.717) is 26.9 Å². The Morgan fingerprint density at radius 3 is 2.14 bits per heavy atom. The number of amides is 2. The van der Waals surface area contributed by atoms with Gasteiger partial charge in [-0.1, -0.05) is 71.7 Å². The van der Waals surface area contributed by atoms with Crippen LogP contribution in [0.3, 0.4) is 0 Å². The van der Waals surface area contributed by atoms with E-state index >= 15 is 0 Å². The van der Waals surface area contributed by atoms with Crippen LogP contribution < -0.4 is 19.5 Å². The van der Waals surface area contributed by atoms with E-state index in [2.05, 4.69) is 10.0 Å². The van der Waals surface area contributed by atoms with Gasteiger partial charge in [0.05, 0.1) is 12.0 Å². The van der Waals surface area contributed by atoms with Crippen molar-refractivity contribution in [2.45, 2.75) is 24.0 Å². The summed E-state index contributed by atoms with van der Waals surface area (Å²) in [5.74, 6) is -0.603. The average molecular weight is 737 g/mol. The number of methoxy groups -OCH3 is 1. The number of nitrogens with one attached hydrogen (secondary N) is 2. The molecule has 5 aromatic carbocycles. The third-order valence-electron chi connectivity index (χ3n) is 7.57. The van der Waals surface area contributed by atoms with Gasteiger partial charge in [-0.05, 0) is 89.5 Å². The summed E-state index contributed by atoms with van der Waals surface area (Å²) >= 11 is 12.4. The summed E-state index contributed by atoms with van der Waals surface area (Å²) in [6.07, 6.45) is 0. The number of hydrogen-bond donors (Lipinski definition) is 2. The van der Waals surface area contributed by atoms with Crippen LogP contribution in [0.2, 0.25) is 10.0 Å². The van der Waals surface area contributed by atoms with E-state index in [0.717, 1.165) is 17.7 Å². The average Bonchev–Trinajstić information content (AvgIpc) is 3.11. The standard InChI is InChI=1S/C37H32Cl2FN3O6S/c1-48-31-15-7-25(8-16-31)23-43(36(26-5-3-2-4-6-26)37(45)41-22-27-9-10-28(38)21-34(27)39)35(44)24-49-32-17-19-33(20-18-32)50(46,47)42-30-13-11-29(40)12-14-30/h2-21,36,42H,22-24H2,1H3,(H,41,45)/t36-/m1/s1. The Hall–Kier alpha value is -5.10. The highest BCUT2D eigenvalue weighted by atomic mass is 35.5. The summed E-state index contributed by atoms with van der Waals surface area (Å²) in [6.45, 7) is -0.326. The molecule has 1 atom stereocenters. The lowest BCUT2D eigenvalue weighted by molar-refractivity contribution is -0.143. The fourth-order valence-electron chi connectivity index (χ4n) is 4.98. The minimum Gasteiger partial charge on any atom is -0.497 e. The van der Waals surface area contributed by atoms with Crippen molar-refractivity contribution in [3.8, 4) is 11.5 Å². The number of anilines is 1. The topological polar surface area (TPSA) is 114 Å². The van der Waals surface area contributed by atoms with Gasteiger partial charge in [-0.3, -0.25) is 14.3 Å². The third-order valence-corrected chi connectivity index (χ3v) is 9.55. The van der Waals surface area contributed by atoms with Gasteiger partial charge in [-0.25, -0.2) is 12.8 Å². The fourth-order valence-corrected chi connectivity index (χ4v) is 6.51. The summed E-state index contributed by atoms with van der Waals surface area (Å²) in [4.78, 5) is 29.3. The maximum Gasteiger partial charge on any atom is 0.261 e. The van der Waals surface area contributed by atoms with E-state index in [1.54, 1.807) is 73.8 Å². The number of halogens is 3. The van der Waals surface area contributed by atoms with Gasteiger partial charge in [-0.2, -0.15) is 0 Å². The van der Waals surface area contributed by atoms with E-state index in [1.807, 2.05) is 6.07 Å². The molecule has 0 heterocycles. The SMILES string of the molecule is COc1ccc(CN(C(=O)COc2ccc(S(=O)(=O)Nc3ccc(F)cc3)cc2)[C@@H](C(=O)NCc2ccc(Cl)cc2Cl)c2ccccc2)cc1.